The van der Waals surface area contributed by atoms with Crippen molar-refractivity contribution in [2.45, 2.75) is 11.9 Å². The van der Waals surface area contributed by atoms with Crippen LogP contribution < -0.4 is 4.90 Å². The Balaban J connectivity index is 1.54. The minimum atomic E-state index is -0.400. The second-order valence-electron chi connectivity index (χ2n) is 6.05. The molecular formula is C19H20FN3O2S. The molecule has 3 rings (SSSR count). The van der Waals surface area contributed by atoms with Crippen LogP contribution in [0.25, 0.3) is 0 Å². The summed E-state index contributed by atoms with van der Waals surface area (Å²) in [6.45, 7) is 3.65. The van der Waals surface area contributed by atoms with Crippen molar-refractivity contribution in [2.24, 2.45) is 0 Å². The summed E-state index contributed by atoms with van der Waals surface area (Å²) in [5.41, 5.74) is 0.844. The third-order valence-corrected chi connectivity index (χ3v) is 5.24. The van der Waals surface area contributed by atoms with Crippen molar-refractivity contribution in [2.75, 3.05) is 36.8 Å². The highest BCUT2D eigenvalue weighted by Gasteiger charge is 2.23. The van der Waals surface area contributed by atoms with Crippen LogP contribution in [0.3, 0.4) is 0 Å². The Labute approximate surface area is 156 Å². The van der Waals surface area contributed by atoms with Gasteiger partial charge in [0.25, 0.3) is 0 Å². The Hall–Kier alpha value is -2.41. The molecule has 26 heavy (non-hydrogen) atoms. The Morgan fingerprint density at radius 2 is 1.92 bits per heavy atom. The molecule has 1 amide bonds. The second kappa shape index (κ2) is 8.31. The standard InChI is InChI=1S/C19H20FN3O2S/c1-14(24)15-5-6-17(16(20)12-15)22-8-10-23(11-9-22)19(25)13-26-18-4-2-3-7-21-18/h2-7,12H,8-11,13H2,1H3. The van der Waals surface area contributed by atoms with E-state index in [0.29, 0.717) is 43.2 Å². The zero-order valence-corrected chi connectivity index (χ0v) is 15.3. The number of aromatic nitrogens is 1. The van der Waals surface area contributed by atoms with Gasteiger partial charge in [0.2, 0.25) is 5.91 Å². The minimum absolute atomic E-state index is 0.0627. The van der Waals surface area contributed by atoms with Crippen LogP contribution in [0.1, 0.15) is 17.3 Å². The molecule has 0 atom stereocenters. The molecule has 1 fully saturated rings. The van der Waals surface area contributed by atoms with E-state index in [4.69, 9.17) is 0 Å². The number of hydrogen-bond donors (Lipinski definition) is 0. The summed E-state index contributed by atoms with van der Waals surface area (Å²) in [4.78, 5) is 31.6. The molecule has 0 spiro atoms. The molecule has 0 N–H and O–H groups in total. The van der Waals surface area contributed by atoms with Gasteiger partial charge >= 0.3 is 0 Å². The van der Waals surface area contributed by atoms with Gasteiger partial charge in [-0.15, -0.1) is 0 Å². The number of halogens is 1. The van der Waals surface area contributed by atoms with Gasteiger partial charge in [-0.3, -0.25) is 9.59 Å². The van der Waals surface area contributed by atoms with E-state index in [0.717, 1.165) is 5.03 Å². The maximum atomic E-state index is 14.3. The first-order valence-electron chi connectivity index (χ1n) is 8.41. The Kier molecular flexibility index (Phi) is 5.88. The average Bonchev–Trinajstić information content (AvgIpc) is 2.67. The van der Waals surface area contributed by atoms with Crippen molar-refractivity contribution >= 4 is 29.1 Å². The lowest BCUT2D eigenvalue weighted by atomic mass is 10.1. The van der Waals surface area contributed by atoms with E-state index in [9.17, 15) is 14.0 Å². The van der Waals surface area contributed by atoms with Gasteiger partial charge in [-0.25, -0.2) is 9.37 Å². The average molecular weight is 373 g/mol. The van der Waals surface area contributed by atoms with E-state index in [-0.39, 0.29) is 11.7 Å². The van der Waals surface area contributed by atoms with Crippen LogP contribution in [-0.4, -0.2) is 53.5 Å². The number of carbonyl (C=O) groups excluding carboxylic acids is 2. The molecule has 136 valence electrons. The number of carbonyl (C=O) groups is 2. The Morgan fingerprint density at radius 1 is 1.15 bits per heavy atom. The summed E-state index contributed by atoms with van der Waals surface area (Å²) >= 11 is 1.42. The number of anilines is 1. The third-order valence-electron chi connectivity index (χ3n) is 4.31. The molecule has 1 aliphatic rings. The van der Waals surface area contributed by atoms with Crippen molar-refractivity contribution in [1.82, 2.24) is 9.88 Å². The number of piperazine rings is 1. The smallest absolute Gasteiger partial charge is 0.233 e. The molecule has 0 unspecified atom stereocenters. The van der Waals surface area contributed by atoms with Gasteiger partial charge in [-0.1, -0.05) is 17.8 Å². The lowest BCUT2D eigenvalue weighted by Gasteiger charge is -2.36. The van der Waals surface area contributed by atoms with Crippen LogP contribution in [0, 0.1) is 5.82 Å². The zero-order chi connectivity index (χ0) is 18.5. The van der Waals surface area contributed by atoms with Crippen molar-refractivity contribution < 1.29 is 14.0 Å². The van der Waals surface area contributed by atoms with Gasteiger partial charge in [0.1, 0.15) is 5.82 Å². The van der Waals surface area contributed by atoms with E-state index in [1.807, 2.05) is 23.1 Å². The van der Waals surface area contributed by atoms with E-state index < -0.39 is 5.82 Å². The number of thioether (sulfide) groups is 1. The van der Waals surface area contributed by atoms with Crippen molar-refractivity contribution in [3.05, 3.63) is 54.0 Å². The number of rotatable bonds is 5. The van der Waals surface area contributed by atoms with Crippen LogP contribution in [0.5, 0.6) is 0 Å². The summed E-state index contributed by atoms with van der Waals surface area (Å²) in [7, 11) is 0. The molecule has 2 aromatic rings. The van der Waals surface area contributed by atoms with Gasteiger partial charge in [-0.05, 0) is 37.3 Å². The Bertz CT molecular complexity index is 793. The largest absolute Gasteiger partial charge is 0.366 e. The second-order valence-corrected chi connectivity index (χ2v) is 7.04. The van der Waals surface area contributed by atoms with Crippen molar-refractivity contribution in [1.29, 1.82) is 0 Å². The summed E-state index contributed by atoms with van der Waals surface area (Å²) < 4.78 is 14.3. The molecule has 7 heteroatoms. The van der Waals surface area contributed by atoms with Crippen LogP contribution >= 0.6 is 11.8 Å². The van der Waals surface area contributed by atoms with Crippen LogP contribution in [0.2, 0.25) is 0 Å². The molecule has 0 saturated carbocycles. The first kappa shape index (κ1) is 18.4. The number of Topliss-reactive ketones (excluding diaryl/α,β-unsaturated/α-hetero) is 1. The summed E-state index contributed by atoms with van der Waals surface area (Å²) in [5, 5.41) is 0.826. The molecule has 1 aliphatic heterocycles. The number of hydrogen-bond acceptors (Lipinski definition) is 5. The third kappa shape index (κ3) is 4.40. The zero-order valence-electron chi connectivity index (χ0n) is 14.5. The highest BCUT2D eigenvalue weighted by Crippen LogP contribution is 2.23. The van der Waals surface area contributed by atoms with Gasteiger partial charge < -0.3 is 9.80 Å². The first-order chi connectivity index (χ1) is 12.5. The SMILES string of the molecule is CC(=O)c1ccc(N2CCN(C(=O)CSc3ccccn3)CC2)c(F)c1. The number of amides is 1. The molecule has 0 aliphatic carbocycles. The van der Waals surface area contributed by atoms with Crippen molar-refractivity contribution in [3.63, 3.8) is 0 Å². The molecule has 1 aromatic heterocycles. The maximum absolute atomic E-state index is 14.3. The molecule has 2 heterocycles. The highest BCUT2D eigenvalue weighted by atomic mass is 32.2. The number of ketones is 1. The molecule has 5 nitrogen and oxygen atoms in total. The number of nitrogens with zero attached hydrogens (tertiary/aromatic N) is 3. The lowest BCUT2D eigenvalue weighted by Crippen LogP contribution is -2.49. The topological polar surface area (TPSA) is 53.5 Å². The van der Waals surface area contributed by atoms with Crippen molar-refractivity contribution in [3.8, 4) is 0 Å². The fourth-order valence-corrected chi connectivity index (χ4v) is 3.60. The first-order valence-corrected chi connectivity index (χ1v) is 9.40. The number of benzene rings is 1. The van der Waals surface area contributed by atoms with E-state index in [1.165, 1.54) is 24.8 Å². The fraction of sp³-hybridized carbons (Fsp3) is 0.316. The summed E-state index contributed by atoms with van der Waals surface area (Å²) in [6.07, 6.45) is 1.71. The molecule has 1 aromatic carbocycles. The Morgan fingerprint density at radius 3 is 2.54 bits per heavy atom. The fourth-order valence-electron chi connectivity index (χ4n) is 2.84. The normalized spacial score (nSPS) is 14.4. The summed E-state index contributed by atoms with van der Waals surface area (Å²) in [6, 6.07) is 10.2. The highest BCUT2D eigenvalue weighted by molar-refractivity contribution is 7.99. The quantitative estimate of drug-likeness (QED) is 0.596. The predicted molar refractivity (Wildman–Crippen MR) is 100 cm³/mol. The van der Waals surface area contributed by atoms with Gasteiger partial charge in [0.05, 0.1) is 16.5 Å². The predicted octanol–water partition coefficient (Wildman–Crippen LogP) is 2.86. The van der Waals surface area contributed by atoms with E-state index in [2.05, 4.69) is 4.98 Å². The van der Waals surface area contributed by atoms with E-state index in [1.54, 1.807) is 23.2 Å². The van der Waals surface area contributed by atoms with Gasteiger partial charge in [0, 0.05) is 37.9 Å². The summed E-state index contributed by atoms with van der Waals surface area (Å²) in [5.74, 6) is -0.147. The number of pyridine rings is 1. The molecule has 0 radical (unpaired) electrons. The molecule has 0 bridgehead atoms. The van der Waals surface area contributed by atoms with Crippen LogP contribution in [0.15, 0.2) is 47.6 Å². The molecule has 1 saturated heterocycles. The lowest BCUT2D eigenvalue weighted by molar-refractivity contribution is -0.128. The minimum Gasteiger partial charge on any atom is -0.366 e. The monoisotopic (exact) mass is 373 g/mol. The van der Waals surface area contributed by atoms with Gasteiger partial charge in [-0.2, -0.15) is 0 Å². The molecular weight excluding hydrogens is 353 g/mol. The van der Waals surface area contributed by atoms with Crippen LogP contribution in [-0.2, 0) is 4.79 Å². The maximum Gasteiger partial charge on any atom is 0.233 e. The van der Waals surface area contributed by atoms with Crippen LogP contribution in [0.4, 0.5) is 10.1 Å². The van der Waals surface area contributed by atoms with Gasteiger partial charge in [0.15, 0.2) is 5.78 Å². The van der Waals surface area contributed by atoms with E-state index >= 15 is 0 Å².